The summed E-state index contributed by atoms with van der Waals surface area (Å²) in [6.45, 7) is 25.0. The van der Waals surface area contributed by atoms with Crippen molar-refractivity contribution < 1.29 is 13.3 Å². The van der Waals surface area contributed by atoms with Crippen molar-refractivity contribution in [2.24, 2.45) is 0 Å². The number of nitrogens with one attached hydrogen (secondary N) is 1. The van der Waals surface area contributed by atoms with Gasteiger partial charge in [0.25, 0.3) is 0 Å². The van der Waals surface area contributed by atoms with Gasteiger partial charge in [0.15, 0.2) is 35.0 Å². The van der Waals surface area contributed by atoms with Gasteiger partial charge in [-0.15, -0.1) is 0 Å². The first-order chi connectivity index (χ1) is 29.5. The van der Waals surface area contributed by atoms with Crippen LogP contribution in [0.1, 0.15) is 114 Å². The van der Waals surface area contributed by atoms with Gasteiger partial charge >= 0.3 is 0 Å². The lowest BCUT2D eigenvalue weighted by Gasteiger charge is -2.14. The third kappa shape index (κ3) is 14.0. The largest absolute Gasteiger partial charge is 0.440 e. The average Bonchev–Trinajstić information content (AvgIpc) is 4.06. The van der Waals surface area contributed by atoms with Crippen molar-refractivity contribution in [2.75, 3.05) is 0 Å². The molecule has 0 saturated heterocycles. The second kappa shape index (κ2) is 21.5. The normalized spacial score (nSPS) is 11.5. The fraction of sp³-hybridized carbons (Fsp3) is 0.321. The van der Waals surface area contributed by atoms with Crippen LogP contribution >= 0.6 is 34.8 Å². The third-order valence-electron chi connectivity index (χ3n) is 9.22. The molecule has 8 rings (SSSR count). The minimum atomic E-state index is -0.133. The van der Waals surface area contributed by atoms with Crippen molar-refractivity contribution >= 4 is 34.8 Å². The number of oxazole rings is 3. The fourth-order valence-corrected chi connectivity index (χ4v) is 6.51. The van der Waals surface area contributed by atoms with Crippen LogP contribution in [0.4, 0.5) is 0 Å². The number of imidazole rings is 1. The number of halogens is 3. The second-order valence-electron chi connectivity index (χ2n) is 19.0. The number of aromatic amines is 1. The monoisotopic (exact) mass is 921 g/mol. The van der Waals surface area contributed by atoms with Gasteiger partial charge in [0.2, 0.25) is 0 Å². The molecule has 0 unspecified atom stereocenters. The lowest BCUT2D eigenvalue weighted by molar-refractivity contribution is 0.399. The van der Waals surface area contributed by atoms with Crippen LogP contribution in [0.5, 0.6) is 0 Å². The Morgan fingerprint density at radius 2 is 0.812 bits per heavy atom. The first kappa shape index (κ1) is 51.2. The first-order valence-corrected chi connectivity index (χ1v) is 21.9. The highest BCUT2D eigenvalue weighted by Crippen LogP contribution is 2.37. The number of aromatic nitrogens is 5. The van der Waals surface area contributed by atoms with Gasteiger partial charge in [0, 0.05) is 32.8 Å². The van der Waals surface area contributed by atoms with Crippen molar-refractivity contribution in [1.29, 1.82) is 0 Å². The predicted molar refractivity (Wildman–Crippen MR) is 266 cm³/mol. The molecule has 0 radical (unpaired) electrons. The van der Waals surface area contributed by atoms with Crippen LogP contribution in [0.2, 0.25) is 15.1 Å². The average molecular weight is 923 g/mol. The van der Waals surface area contributed by atoms with Crippen LogP contribution < -0.4 is 0 Å². The van der Waals surface area contributed by atoms with Crippen molar-refractivity contribution in [3.63, 3.8) is 0 Å². The van der Waals surface area contributed by atoms with Gasteiger partial charge in [0.05, 0.1) is 51.1 Å². The summed E-state index contributed by atoms with van der Waals surface area (Å²) >= 11 is 18.3. The quantitative estimate of drug-likeness (QED) is 0.187. The Bertz CT molecular complexity index is 2540. The number of H-pyrrole nitrogens is 1. The van der Waals surface area contributed by atoms with E-state index in [1.807, 2.05) is 99.8 Å². The van der Waals surface area contributed by atoms with E-state index >= 15 is 0 Å². The maximum Gasteiger partial charge on any atom is 0.200 e. The van der Waals surface area contributed by atoms with Crippen molar-refractivity contribution in [1.82, 2.24) is 24.9 Å². The van der Waals surface area contributed by atoms with Gasteiger partial charge in [-0.25, -0.2) is 19.9 Å². The summed E-state index contributed by atoms with van der Waals surface area (Å²) in [4.78, 5) is 20.6. The molecule has 64 heavy (non-hydrogen) atoms. The maximum atomic E-state index is 6.12. The Hall–Kier alpha value is -5.41. The van der Waals surface area contributed by atoms with E-state index < -0.39 is 0 Å². The SMILES string of the molecule is C.CC(C)(C)c1ncc(-c2c(Cl)cccc2Cl)o1.CC(C)(C)c1ncc(-c2ccccc2)[nH]1.CC(C)(C)c1ncc(-c2ccccc2)o1.CC(C)(C)c1ncc(-c2ccccc2Cl)o1. The highest BCUT2D eigenvalue weighted by molar-refractivity contribution is 6.39. The van der Waals surface area contributed by atoms with Crippen molar-refractivity contribution in [2.45, 2.75) is 112 Å². The van der Waals surface area contributed by atoms with E-state index in [9.17, 15) is 0 Å². The first-order valence-electron chi connectivity index (χ1n) is 20.8. The Balaban J connectivity index is 0.000000186. The molecule has 8 nitrogen and oxygen atoms in total. The summed E-state index contributed by atoms with van der Waals surface area (Å²) in [5, 5.41) is 1.81. The summed E-state index contributed by atoms with van der Waals surface area (Å²) in [5.41, 5.74) is 4.73. The van der Waals surface area contributed by atoms with Crippen LogP contribution in [0.3, 0.4) is 0 Å². The molecule has 11 heteroatoms. The lowest BCUT2D eigenvalue weighted by Crippen LogP contribution is -2.13. The molecule has 0 amide bonds. The zero-order chi connectivity index (χ0) is 46.2. The van der Waals surface area contributed by atoms with Crippen molar-refractivity contribution in [3.8, 4) is 45.2 Å². The van der Waals surface area contributed by atoms with E-state index in [2.05, 4.69) is 99.4 Å². The minimum Gasteiger partial charge on any atom is -0.440 e. The van der Waals surface area contributed by atoms with Gasteiger partial charge in [0.1, 0.15) is 5.82 Å². The Kier molecular flexibility index (Phi) is 17.2. The second-order valence-corrected chi connectivity index (χ2v) is 20.3. The molecule has 0 spiro atoms. The Morgan fingerprint density at radius 1 is 0.406 bits per heavy atom. The molecule has 0 saturated carbocycles. The van der Waals surface area contributed by atoms with Crippen LogP contribution in [-0.2, 0) is 21.7 Å². The smallest absolute Gasteiger partial charge is 0.200 e. The molecule has 4 heterocycles. The van der Waals surface area contributed by atoms with E-state index in [0.717, 1.165) is 45.9 Å². The van der Waals surface area contributed by atoms with Crippen LogP contribution in [0, 0.1) is 0 Å². The molecule has 0 fully saturated rings. The van der Waals surface area contributed by atoms with E-state index in [4.69, 9.17) is 48.1 Å². The van der Waals surface area contributed by atoms with E-state index in [0.29, 0.717) is 32.3 Å². The zero-order valence-corrected chi connectivity index (χ0v) is 40.5. The Morgan fingerprint density at radius 3 is 1.27 bits per heavy atom. The number of benzene rings is 4. The van der Waals surface area contributed by atoms with Gasteiger partial charge in [-0.05, 0) is 29.8 Å². The summed E-state index contributed by atoms with van der Waals surface area (Å²) in [5.74, 6) is 5.36. The minimum absolute atomic E-state index is 0. The van der Waals surface area contributed by atoms with Gasteiger partial charge in [-0.1, -0.05) is 204 Å². The number of rotatable bonds is 4. The molecule has 0 aliphatic rings. The maximum absolute atomic E-state index is 6.12. The fourth-order valence-electron chi connectivity index (χ4n) is 5.70. The van der Waals surface area contributed by atoms with Gasteiger partial charge in [-0.3, -0.25) is 0 Å². The summed E-state index contributed by atoms with van der Waals surface area (Å²) < 4.78 is 17.2. The highest BCUT2D eigenvalue weighted by atomic mass is 35.5. The molecule has 0 atom stereocenters. The number of hydrogen-bond acceptors (Lipinski definition) is 7. The summed E-state index contributed by atoms with van der Waals surface area (Å²) in [7, 11) is 0. The molecule has 0 aliphatic heterocycles. The standard InChI is InChI=1S/C13H13Cl2NO.C13H14ClNO.C13H16N2.C13H15NO.CH4/c1-13(2,3)12-16-7-10(17-12)11-8(14)5-4-6-9(11)15;1-13(2,3)12-15-8-11(16-12)9-6-4-5-7-10(9)14;2*1-13(2,3)12-14-9-11(15-12)10-7-5-4-6-8-10;/h4-7H,1-3H3;4-8H,1-3H3;4-9H,1-3H3,(H,14,15);4-9H,1-3H3;1H4. The summed E-state index contributed by atoms with van der Waals surface area (Å²) in [6, 6.07) is 33.2. The number of hydrogen-bond donors (Lipinski definition) is 1. The number of nitrogens with zero attached hydrogens (tertiary/aromatic N) is 4. The van der Waals surface area contributed by atoms with Gasteiger partial charge < -0.3 is 18.2 Å². The van der Waals surface area contributed by atoms with Crippen LogP contribution in [0.15, 0.2) is 141 Å². The molecule has 4 aromatic heterocycles. The molecular formula is C53H62Cl3N5O3. The van der Waals surface area contributed by atoms with Crippen molar-refractivity contribution in [3.05, 3.63) is 166 Å². The van der Waals surface area contributed by atoms with E-state index in [1.54, 1.807) is 36.8 Å². The Labute approximate surface area is 394 Å². The molecule has 0 bridgehead atoms. The van der Waals surface area contributed by atoms with Crippen LogP contribution in [0.25, 0.3) is 45.2 Å². The topological polar surface area (TPSA) is 107 Å². The molecule has 4 aromatic carbocycles. The highest BCUT2D eigenvalue weighted by Gasteiger charge is 2.24. The molecule has 1 N–H and O–H groups in total. The predicted octanol–water partition coefficient (Wildman–Crippen LogP) is 16.9. The molecule has 338 valence electrons. The third-order valence-corrected chi connectivity index (χ3v) is 10.2. The lowest BCUT2D eigenvalue weighted by atomic mass is 9.96. The van der Waals surface area contributed by atoms with Crippen LogP contribution in [-0.4, -0.2) is 24.9 Å². The molecule has 0 aliphatic carbocycles. The summed E-state index contributed by atoms with van der Waals surface area (Å²) in [6.07, 6.45) is 7.07. The van der Waals surface area contributed by atoms with E-state index in [1.165, 1.54) is 5.56 Å². The molecular weight excluding hydrogens is 861 g/mol. The zero-order valence-electron chi connectivity index (χ0n) is 38.3. The van der Waals surface area contributed by atoms with E-state index in [-0.39, 0.29) is 29.1 Å². The molecule has 8 aromatic rings. The van der Waals surface area contributed by atoms with Gasteiger partial charge in [-0.2, -0.15) is 0 Å².